The third-order valence-corrected chi connectivity index (χ3v) is 6.46. The van der Waals surface area contributed by atoms with Crippen LogP contribution in [0.3, 0.4) is 0 Å². The lowest BCUT2D eigenvalue weighted by atomic mass is 9.75. The zero-order chi connectivity index (χ0) is 17.7. The minimum absolute atomic E-state index is 0.122. The van der Waals surface area contributed by atoms with Gasteiger partial charge in [0.25, 0.3) is 0 Å². The molecular formula is C20H25N3O3. The van der Waals surface area contributed by atoms with Crippen molar-refractivity contribution in [3.63, 3.8) is 0 Å². The molecule has 6 heteroatoms. The summed E-state index contributed by atoms with van der Waals surface area (Å²) < 4.78 is 7.71. The first-order valence-corrected chi connectivity index (χ1v) is 9.62. The predicted molar refractivity (Wildman–Crippen MR) is 96.7 cm³/mol. The molecule has 1 saturated carbocycles. The number of hydrogen-bond donors (Lipinski definition) is 1. The fourth-order valence-corrected chi connectivity index (χ4v) is 4.64. The molecule has 6 nitrogen and oxygen atoms in total. The van der Waals surface area contributed by atoms with Crippen LogP contribution >= 0.6 is 0 Å². The van der Waals surface area contributed by atoms with Crippen molar-refractivity contribution < 1.29 is 14.6 Å². The lowest BCUT2D eigenvalue weighted by molar-refractivity contribution is -0.131. The van der Waals surface area contributed by atoms with E-state index in [0.29, 0.717) is 38.8 Å². The zero-order valence-corrected chi connectivity index (χ0v) is 14.9. The van der Waals surface area contributed by atoms with Gasteiger partial charge in [-0.1, -0.05) is 12.1 Å². The molecule has 3 aliphatic rings. The molecule has 0 radical (unpaired) electrons. The van der Waals surface area contributed by atoms with E-state index in [2.05, 4.69) is 4.57 Å². The number of benzene rings is 1. The van der Waals surface area contributed by atoms with E-state index in [1.165, 1.54) is 0 Å². The third-order valence-electron chi connectivity index (χ3n) is 6.46. The summed E-state index contributed by atoms with van der Waals surface area (Å²) in [5, 5.41) is 9.97. The van der Waals surface area contributed by atoms with E-state index in [-0.39, 0.29) is 23.8 Å². The molecular weight excluding hydrogens is 330 g/mol. The molecule has 2 aliphatic heterocycles. The van der Waals surface area contributed by atoms with Gasteiger partial charge >= 0.3 is 0 Å². The van der Waals surface area contributed by atoms with E-state index in [9.17, 15) is 9.90 Å². The topological polar surface area (TPSA) is 67.6 Å². The number of likely N-dealkylation sites (tertiary alicyclic amines) is 1. The molecule has 1 aliphatic carbocycles. The number of imidazole rings is 1. The van der Waals surface area contributed by atoms with Crippen LogP contribution in [-0.2, 0) is 16.1 Å². The normalized spacial score (nSPS) is 28.5. The highest BCUT2D eigenvalue weighted by molar-refractivity contribution is 5.81. The second kappa shape index (κ2) is 6.06. The van der Waals surface area contributed by atoms with Crippen LogP contribution in [0.5, 0.6) is 0 Å². The van der Waals surface area contributed by atoms with Crippen LogP contribution in [0, 0.1) is 11.3 Å². The van der Waals surface area contributed by atoms with Crippen molar-refractivity contribution in [2.24, 2.45) is 11.3 Å². The number of nitrogens with zero attached hydrogens (tertiary/aromatic N) is 3. The van der Waals surface area contributed by atoms with Crippen molar-refractivity contribution in [1.82, 2.24) is 14.5 Å². The number of aliphatic hydroxyl groups is 1. The Bertz CT molecular complexity index is 844. The monoisotopic (exact) mass is 355 g/mol. The van der Waals surface area contributed by atoms with Gasteiger partial charge in [-0.25, -0.2) is 4.98 Å². The van der Waals surface area contributed by atoms with Crippen LogP contribution < -0.4 is 0 Å². The molecule has 5 rings (SSSR count). The first-order chi connectivity index (χ1) is 12.7. The van der Waals surface area contributed by atoms with Gasteiger partial charge in [-0.05, 0) is 31.4 Å². The van der Waals surface area contributed by atoms with Gasteiger partial charge in [0.05, 0.1) is 24.2 Å². The largest absolute Gasteiger partial charge is 0.396 e. The van der Waals surface area contributed by atoms with Gasteiger partial charge < -0.3 is 19.3 Å². The molecule has 0 unspecified atom stereocenters. The Morgan fingerprint density at radius 2 is 2.19 bits per heavy atom. The third kappa shape index (κ3) is 2.55. The standard InChI is InChI=1S/C20H25N3O3/c24-13-20-7-8-26-11-15(20)9-22(12-20)18(25)10-23-17-4-2-1-3-16(17)21-19(23)14-5-6-14/h1-4,14-15,24H,5-13H2/t15-,20-/m1/s1. The quantitative estimate of drug-likeness (QED) is 0.908. The Morgan fingerprint density at radius 1 is 1.35 bits per heavy atom. The number of rotatable bonds is 4. The van der Waals surface area contributed by atoms with Crippen LogP contribution in [0.2, 0.25) is 0 Å². The first kappa shape index (κ1) is 16.3. The maximum Gasteiger partial charge on any atom is 0.242 e. The zero-order valence-electron chi connectivity index (χ0n) is 14.9. The van der Waals surface area contributed by atoms with E-state index >= 15 is 0 Å². The molecule has 2 saturated heterocycles. The number of aliphatic hydroxyl groups excluding tert-OH is 1. The van der Waals surface area contributed by atoms with E-state index in [4.69, 9.17) is 9.72 Å². The number of carbonyl (C=O) groups excluding carboxylic acids is 1. The summed E-state index contributed by atoms with van der Waals surface area (Å²) in [5.74, 6) is 1.91. The number of hydrogen-bond acceptors (Lipinski definition) is 4. The SMILES string of the molecule is O=C(Cn1c(C2CC2)nc2ccccc21)N1C[C@@H]2COCC[C@]2(CO)C1. The first-order valence-electron chi connectivity index (χ1n) is 9.62. The van der Waals surface area contributed by atoms with E-state index < -0.39 is 0 Å². The summed E-state index contributed by atoms with van der Waals surface area (Å²) >= 11 is 0. The maximum atomic E-state index is 13.1. The fraction of sp³-hybridized carbons (Fsp3) is 0.600. The van der Waals surface area contributed by atoms with Crippen molar-refractivity contribution in [3.05, 3.63) is 30.1 Å². The van der Waals surface area contributed by atoms with Crippen molar-refractivity contribution >= 4 is 16.9 Å². The van der Waals surface area contributed by atoms with Gasteiger partial charge in [0, 0.05) is 36.9 Å². The molecule has 3 heterocycles. The molecule has 2 atom stereocenters. The minimum atomic E-state index is -0.176. The van der Waals surface area contributed by atoms with Gasteiger partial charge in [0.1, 0.15) is 12.4 Å². The number of para-hydroxylation sites is 2. The smallest absolute Gasteiger partial charge is 0.242 e. The Labute approximate surface area is 152 Å². The van der Waals surface area contributed by atoms with E-state index in [1.807, 2.05) is 29.2 Å². The molecule has 1 N–H and O–H groups in total. The average Bonchev–Trinajstić information content (AvgIpc) is 3.34. The Balaban J connectivity index is 1.41. The fourth-order valence-electron chi connectivity index (χ4n) is 4.64. The lowest BCUT2D eigenvalue weighted by Crippen LogP contribution is -2.41. The Morgan fingerprint density at radius 3 is 2.96 bits per heavy atom. The van der Waals surface area contributed by atoms with Crippen LogP contribution in [0.25, 0.3) is 11.0 Å². The van der Waals surface area contributed by atoms with Crippen molar-refractivity contribution in [2.45, 2.75) is 31.7 Å². The van der Waals surface area contributed by atoms with E-state index in [0.717, 1.165) is 36.1 Å². The molecule has 0 bridgehead atoms. The highest BCUT2D eigenvalue weighted by Crippen LogP contribution is 2.43. The van der Waals surface area contributed by atoms with Gasteiger partial charge in [-0.3, -0.25) is 4.79 Å². The van der Waals surface area contributed by atoms with E-state index in [1.54, 1.807) is 0 Å². The van der Waals surface area contributed by atoms with Crippen LogP contribution in [0.1, 0.15) is 31.0 Å². The summed E-state index contributed by atoms with van der Waals surface area (Å²) in [6.45, 7) is 3.11. The predicted octanol–water partition coefficient (Wildman–Crippen LogP) is 1.77. The highest BCUT2D eigenvalue weighted by Gasteiger charge is 2.49. The molecule has 1 aromatic heterocycles. The van der Waals surface area contributed by atoms with Crippen molar-refractivity contribution in [3.8, 4) is 0 Å². The summed E-state index contributed by atoms with van der Waals surface area (Å²) in [6.07, 6.45) is 3.15. The highest BCUT2D eigenvalue weighted by atomic mass is 16.5. The molecule has 26 heavy (non-hydrogen) atoms. The summed E-state index contributed by atoms with van der Waals surface area (Å²) in [4.78, 5) is 19.8. The molecule has 0 spiro atoms. The second-order valence-electron chi connectivity index (χ2n) is 8.14. The number of amides is 1. The van der Waals surface area contributed by atoms with Gasteiger partial charge in [0.2, 0.25) is 5.91 Å². The van der Waals surface area contributed by atoms with Gasteiger partial charge in [-0.2, -0.15) is 0 Å². The number of ether oxygens (including phenoxy) is 1. The summed E-state index contributed by atoms with van der Waals surface area (Å²) in [5.41, 5.74) is 1.83. The van der Waals surface area contributed by atoms with Crippen molar-refractivity contribution in [2.75, 3.05) is 32.9 Å². The van der Waals surface area contributed by atoms with Crippen LogP contribution in [0.4, 0.5) is 0 Å². The molecule has 138 valence electrons. The van der Waals surface area contributed by atoms with Gasteiger partial charge in [-0.15, -0.1) is 0 Å². The van der Waals surface area contributed by atoms with Crippen molar-refractivity contribution in [1.29, 1.82) is 0 Å². The molecule has 2 aromatic rings. The van der Waals surface area contributed by atoms with Crippen LogP contribution in [-0.4, -0.2) is 58.4 Å². The van der Waals surface area contributed by atoms with Gasteiger partial charge in [0.15, 0.2) is 0 Å². The number of carbonyl (C=O) groups is 1. The summed E-state index contributed by atoms with van der Waals surface area (Å²) in [6, 6.07) is 8.07. The Hall–Kier alpha value is -1.92. The maximum absolute atomic E-state index is 13.1. The molecule has 1 aromatic carbocycles. The average molecular weight is 355 g/mol. The Kier molecular flexibility index (Phi) is 3.79. The lowest BCUT2D eigenvalue weighted by Gasteiger charge is -2.36. The second-order valence-corrected chi connectivity index (χ2v) is 8.14. The minimum Gasteiger partial charge on any atom is -0.396 e. The van der Waals surface area contributed by atoms with Crippen LogP contribution in [0.15, 0.2) is 24.3 Å². The molecule has 3 fully saturated rings. The summed E-state index contributed by atoms with van der Waals surface area (Å²) in [7, 11) is 0. The number of aromatic nitrogens is 2. The molecule has 1 amide bonds. The number of fused-ring (bicyclic) bond motifs is 2.